The van der Waals surface area contributed by atoms with Crippen molar-refractivity contribution in [3.05, 3.63) is 12.2 Å². The Morgan fingerprint density at radius 2 is 0.815 bits per heavy atom. The predicted octanol–water partition coefficient (Wildman–Crippen LogP) is 13.5. The van der Waals surface area contributed by atoms with Crippen molar-refractivity contribution in [1.29, 1.82) is 0 Å². The molecule has 1 aliphatic heterocycles. The minimum absolute atomic E-state index is 0.212. The quantitative estimate of drug-likeness (QED) is 0.0264. The zero-order valence-corrected chi connectivity index (χ0v) is 42.3. The minimum atomic E-state index is -1.59. The number of aliphatic hydroxyl groups is 4. The highest BCUT2D eigenvalue weighted by Crippen LogP contribution is 2.23. The molecule has 1 fully saturated rings. The molecule has 0 aliphatic carbocycles. The van der Waals surface area contributed by atoms with E-state index >= 15 is 0 Å². The third-order valence-corrected chi connectivity index (χ3v) is 13.2. The van der Waals surface area contributed by atoms with Crippen LogP contribution in [0.4, 0.5) is 0 Å². The van der Waals surface area contributed by atoms with Gasteiger partial charge in [-0.15, -0.1) is 0 Å². The van der Waals surface area contributed by atoms with E-state index in [1.807, 2.05) is 0 Å². The lowest BCUT2D eigenvalue weighted by atomic mass is 9.99. The summed E-state index contributed by atoms with van der Waals surface area (Å²) in [6.07, 6.45) is 45.1. The van der Waals surface area contributed by atoms with Crippen LogP contribution in [-0.2, 0) is 28.5 Å². The van der Waals surface area contributed by atoms with Gasteiger partial charge in [-0.05, 0) is 38.5 Å². The Kier molecular flexibility index (Phi) is 43.7. The van der Waals surface area contributed by atoms with Gasteiger partial charge in [-0.3, -0.25) is 9.59 Å². The summed E-state index contributed by atoms with van der Waals surface area (Å²) < 4.78 is 22.3. The monoisotopic (exact) mass is 925 g/mol. The molecule has 384 valence electrons. The molecule has 4 N–H and O–H groups in total. The van der Waals surface area contributed by atoms with E-state index in [0.29, 0.717) is 6.42 Å². The standard InChI is InChI=1S/C55H104O10/c1-3-5-7-9-11-13-15-17-19-21-23-24-26-28-30-32-34-36-38-40-42-44-51(58)64-48(47-63-55-54(61)53(60)52(59)49(45-56)65-55)46-62-50(57)43-41-39-37-35-33-31-29-27-25-22-20-18-16-14-12-10-8-6-4-2/h21,23,48-49,52-56,59-61H,3-20,22,24-47H2,1-2H3/b23-21-. The number of ether oxygens (including phenoxy) is 4. The van der Waals surface area contributed by atoms with Crippen molar-refractivity contribution in [2.75, 3.05) is 19.8 Å². The summed E-state index contributed by atoms with van der Waals surface area (Å²) in [5.41, 5.74) is 0. The summed E-state index contributed by atoms with van der Waals surface area (Å²) in [7, 11) is 0. The Morgan fingerprint density at radius 3 is 1.20 bits per heavy atom. The lowest BCUT2D eigenvalue weighted by molar-refractivity contribution is -0.305. The Bertz CT molecular complexity index is 1070. The highest BCUT2D eigenvalue weighted by Gasteiger charge is 2.44. The number of carbonyl (C=O) groups is 2. The molecule has 6 unspecified atom stereocenters. The molecule has 1 heterocycles. The Hall–Kier alpha value is -1.56. The largest absolute Gasteiger partial charge is 0.462 e. The average molecular weight is 925 g/mol. The first-order chi connectivity index (χ1) is 31.8. The number of aliphatic hydroxyl groups excluding tert-OH is 4. The topological polar surface area (TPSA) is 152 Å². The maximum absolute atomic E-state index is 12.9. The van der Waals surface area contributed by atoms with Crippen molar-refractivity contribution in [2.24, 2.45) is 0 Å². The smallest absolute Gasteiger partial charge is 0.306 e. The van der Waals surface area contributed by atoms with Gasteiger partial charge in [0.25, 0.3) is 0 Å². The van der Waals surface area contributed by atoms with Gasteiger partial charge < -0.3 is 39.4 Å². The highest BCUT2D eigenvalue weighted by molar-refractivity contribution is 5.70. The fraction of sp³-hybridized carbons (Fsp3) is 0.927. The first-order valence-electron chi connectivity index (χ1n) is 27.8. The van der Waals surface area contributed by atoms with E-state index in [1.165, 1.54) is 199 Å². The van der Waals surface area contributed by atoms with Gasteiger partial charge in [0.1, 0.15) is 31.0 Å². The number of unbranched alkanes of at least 4 members (excludes halogenated alkanes) is 35. The highest BCUT2D eigenvalue weighted by atomic mass is 16.7. The Balaban J connectivity index is 2.21. The van der Waals surface area contributed by atoms with Crippen LogP contribution in [-0.4, -0.2) is 89.0 Å². The fourth-order valence-corrected chi connectivity index (χ4v) is 8.77. The number of carbonyl (C=O) groups excluding carboxylic acids is 2. The van der Waals surface area contributed by atoms with Crippen LogP contribution < -0.4 is 0 Å². The molecule has 1 saturated heterocycles. The first-order valence-corrected chi connectivity index (χ1v) is 27.8. The second-order valence-electron chi connectivity index (χ2n) is 19.4. The molecule has 0 radical (unpaired) electrons. The van der Waals surface area contributed by atoms with Crippen LogP contribution in [0.2, 0.25) is 0 Å². The van der Waals surface area contributed by atoms with E-state index in [0.717, 1.165) is 38.5 Å². The van der Waals surface area contributed by atoms with Gasteiger partial charge in [0, 0.05) is 12.8 Å². The van der Waals surface area contributed by atoms with E-state index in [4.69, 9.17) is 18.9 Å². The van der Waals surface area contributed by atoms with Crippen LogP contribution in [0, 0.1) is 0 Å². The van der Waals surface area contributed by atoms with Crippen molar-refractivity contribution < 1.29 is 49.0 Å². The lowest BCUT2D eigenvalue weighted by Crippen LogP contribution is -2.59. The van der Waals surface area contributed by atoms with Crippen molar-refractivity contribution in [1.82, 2.24) is 0 Å². The molecule has 0 aromatic heterocycles. The van der Waals surface area contributed by atoms with Gasteiger partial charge in [-0.25, -0.2) is 0 Å². The molecule has 0 spiro atoms. The summed E-state index contributed by atoms with van der Waals surface area (Å²) in [4.78, 5) is 25.5. The summed E-state index contributed by atoms with van der Waals surface area (Å²) in [6.45, 7) is 3.48. The second kappa shape index (κ2) is 46.2. The summed E-state index contributed by atoms with van der Waals surface area (Å²) in [5.74, 6) is -0.791. The average Bonchev–Trinajstić information content (AvgIpc) is 3.30. The number of hydrogen-bond donors (Lipinski definition) is 4. The molecule has 0 aromatic rings. The molecular formula is C55H104O10. The van der Waals surface area contributed by atoms with E-state index < -0.39 is 49.4 Å². The molecule has 0 aromatic carbocycles. The van der Waals surface area contributed by atoms with E-state index in [2.05, 4.69) is 26.0 Å². The van der Waals surface area contributed by atoms with Gasteiger partial charge in [-0.2, -0.15) is 0 Å². The SMILES string of the molecule is CCCCCCCCCC/C=C\CCCCCCCCCCCC(=O)OC(COC(=O)CCCCCCCCCCCCCCCCCCCCC)COC1OC(CO)C(O)C(O)C1O. The molecule has 6 atom stereocenters. The lowest BCUT2D eigenvalue weighted by Gasteiger charge is -2.39. The zero-order chi connectivity index (χ0) is 47.3. The molecule has 65 heavy (non-hydrogen) atoms. The fourth-order valence-electron chi connectivity index (χ4n) is 8.77. The number of rotatable bonds is 48. The van der Waals surface area contributed by atoms with Crippen LogP contribution in [0.25, 0.3) is 0 Å². The van der Waals surface area contributed by atoms with E-state index in [1.54, 1.807) is 0 Å². The molecule has 10 nitrogen and oxygen atoms in total. The van der Waals surface area contributed by atoms with E-state index in [9.17, 15) is 30.0 Å². The summed E-state index contributed by atoms with van der Waals surface area (Å²) >= 11 is 0. The van der Waals surface area contributed by atoms with Crippen LogP contribution in [0.1, 0.15) is 271 Å². The maximum atomic E-state index is 12.9. The maximum Gasteiger partial charge on any atom is 0.306 e. The van der Waals surface area contributed by atoms with Gasteiger partial charge in [0.05, 0.1) is 13.2 Å². The summed E-state index contributed by atoms with van der Waals surface area (Å²) in [5, 5.41) is 40.3. The van der Waals surface area contributed by atoms with Gasteiger partial charge in [0.2, 0.25) is 0 Å². The van der Waals surface area contributed by atoms with Crippen molar-refractivity contribution in [3.8, 4) is 0 Å². The number of hydrogen-bond acceptors (Lipinski definition) is 10. The first kappa shape index (κ1) is 61.5. The summed E-state index contributed by atoms with van der Waals surface area (Å²) in [6, 6.07) is 0. The number of allylic oxidation sites excluding steroid dienone is 2. The van der Waals surface area contributed by atoms with Crippen molar-refractivity contribution in [2.45, 2.75) is 307 Å². The molecule has 10 heteroatoms. The Morgan fingerprint density at radius 1 is 0.462 bits per heavy atom. The van der Waals surface area contributed by atoms with Crippen molar-refractivity contribution >= 4 is 11.9 Å². The predicted molar refractivity (Wildman–Crippen MR) is 266 cm³/mol. The van der Waals surface area contributed by atoms with Crippen LogP contribution in [0.3, 0.4) is 0 Å². The van der Waals surface area contributed by atoms with Crippen LogP contribution >= 0.6 is 0 Å². The minimum Gasteiger partial charge on any atom is -0.462 e. The second-order valence-corrected chi connectivity index (χ2v) is 19.4. The van der Waals surface area contributed by atoms with Crippen molar-refractivity contribution in [3.63, 3.8) is 0 Å². The normalized spacial score (nSPS) is 19.3. The molecule has 0 bridgehead atoms. The van der Waals surface area contributed by atoms with Crippen LogP contribution in [0.5, 0.6) is 0 Å². The Labute approximate surface area is 399 Å². The van der Waals surface area contributed by atoms with Gasteiger partial charge in [0.15, 0.2) is 12.4 Å². The van der Waals surface area contributed by atoms with Gasteiger partial charge >= 0.3 is 11.9 Å². The molecule has 0 saturated carbocycles. The molecule has 1 rings (SSSR count). The molecule has 1 aliphatic rings. The van der Waals surface area contributed by atoms with Gasteiger partial charge in [-0.1, -0.05) is 231 Å². The number of esters is 2. The molecule has 0 amide bonds. The van der Waals surface area contributed by atoms with Crippen LogP contribution in [0.15, 0.2) is 12.2 Å². The third kappa shape index (κ3) is 37.1. The molecular weight excluding hydrogens is 821 g/mol. The third-order valence-electron chi connectivity index (χ3n) is 13.2. The van der Waals surface area contributed by atoms with E-state index in [-0.39, 0.29) is 32.0 Å². The zero-order valence-electron chi connectivity index (χ0n) is 42.3.